The second-order valence-corrected chi connectivity index (χ2v) is 7.09. The smallest absolute Gasteiger partial charge is 0.274 e. The fourth-order valence-electron chi connectivity index (χ4n) is 2.68. The van der Waals surface area contributed by atoms with Gasteiger partial charge in [-0.15, -0.1) is 0 Å². The zero-order valence-electron chi connectivity index (χ0n) is 15.5. The number of aliphatic hydroxyl groups is 1. The molecule has 0 bridgehead atoms. The predicted octanol–water partition coefficient (Wildman–Crippen LogP) is 2.50. The van der Waals surface area contributed by atoms with E-state index in [0.29, 0.717) is 10.8 Å². The summed E-state index contributed by atoms with van der Waals surface area (Å²) >= 11 is 0. The number of hydrogen-bond donors (Lipinski definition) is 2. The molecular weight excluding hydrogens is 318 g/mol. The van der Waals surface area contributed by atoms with Gasteiger partial charge in [0.25, 0.3) is 11.5 Å². The zero-order chi connectivity index (χ0) is 18.8. The van der Waals surface area contributed by atoms with E-state index in [4.69, 9.17) is 0 Å². The standard InChI is InChI=1S/C19H27N3O3/c1-6-13(4)19(5,25)11-20-17(23)16-14-9-7-8-10-15(14)18(24)22(21-16)12(2)3/h7-10,12-13,25H,6,11H2,1-5H3,(H,20,23). The third-order valence-electron chi connectivity index (χ3n) is 4.81. The van der Waals surface area contributed by atoms with Crippen LogP contribution in [0.1, 0.15) is 57.6 Å². The highest BCUT2D eigenvalue weighted by Crippen LogP contribution is 2.20. The topological polar surface area (TPSA) is 84.2 Å². The highest BCUT2D eigenvalue weighted by molar-refractivity contribution is 6.04. The monoisotopic (exact) mass is 345 g/mol. The van der Waals surface area contributed by atoms with Gasteiger partial charge in [-0.2, -0.15) is 5.10 Å². The number of nitrogens with one attached hydrogen (secondary N) is 1. The molecule has 0 saturated heterocycles. The minimum Gasteiger partial charge on any atom is -0.388 e. The summed E-state index contributed by atoms with van der Waals surface area (Å²) in [5, 5.41) is 18.5. The molecule has 2 atom stereocenters. The number of amides is 1. The average Bonchev–Trinajstić information content (AvgIpc) is 2.59. The van der Waals surface area contributed by atoms with Crippen LogP contribution in [0.2, 0.25) is 0 Å². The molecule has 6 heteroatoms. The molecule has 2 unspecified atom stereocenters. The maximum Gasteiger partial charge on any atom is 0.274 e. The lowest BCUT2D eigenvalue weighted by Gasteiger charge is -2.29. The maximum absolute atomic E-state index is 12.7. The third kappa shape index (κ3) is 3.90. The Hall–Kier alpha value is -2.21. The summed E-state index contributed by atoms with van der Waals surface area (Å²) in [5.74, 6) is -0.351. The van der Waals surface area contributed by atoms with Gasteiger partial charge in [-0.25, -0.2) is 4.68 Å². The summed E-state index contributed by atoms with van der Waals surface area (Å²) in [6.45, 7) is 9.46. The Morgan fingerprint density at radius 1 is 1.28 bits per heavy atom. The summed E-state index contributed by atoms with van der Waals surface area (Å²) in [7, 11) is 0. The molecule has 0 radical (unpaired) electrons. The second kappa shape index (κ2) is 7.35. The van der Waals surface area contributed by atoms with Gasteiger partial charge in [0.15, 0.2) is 5.69 Å². The molecule has 1 heterocycles. The van der Waals surface area contributed by atoms with Gasteiger partial charge in [0.2, 0.25) is 0 Å². The van der Waals surface area contributed by atoms with E-state index in [1.165, 1.54) is 4.68 Å². The fraction of sp³-hybridized carbons (Fsp3) is 0.526. The summed E-state index contributed by atoms with van der Waals surface area (Å²) in [5.41, 5.74) is -1.02. The van der Waals surface area contributed by atoms with Crippen LogP contribution < -0.4 is 10.9 Å². The lowest BCUT2D eigenvalue weighted by atomic mass is 9.88. The highest BCUT2D eigenvalue weighted by atomic mass is 16.3. The van der Waals surface area contributed by atoms with Crippen molar-refractivity contribution in [2.45, 2.75) is 52.7 Å². The predicted molar refractivity (Wildman–Crippen MR) is 98.8 cm³/mol. The number of benzene rings is 1. The Morgan fingerprint density at radius 2 is 1.88 bits per heavy atom. The van der Waals surface area contributed by atoms with Crippen molar-refractivity contribution in [1.29, 1.82) is 0 Å². The molecule has 1 amide bonds. The normalized spacial score (nSPS) is 15.2. The minimum absolute atomic E-state index is 0.0436. The summed E-state index contributed by atoms with van der Waals surface area (Å²) in [6, 6.07) is 6.80. The van der Waals surface area contributed by atoms with Gasteiger partial charge < -0.3 is 10.4 Å². The SMILES string of the molecule is CCC(C)C(C)(O)CNC(=O)c1nn(C(C)C)c(=O)c2ccccc12. The van der Waals surface area contributed by atoms with Crippen molar-refractivity contribution in [3.8, 4) is 0 Å². The number of hydrogen-bond acceptors (Lipinski definition) is 4. The van der Waals surface area contributed by atoms with Gasteiger partial charge in [0.1, 0.15) is 0 Å². The van der Waals surface area contributed by atoms with Crippen LogP contribution >= 0.6 is 0 Å². The van der Waals surface area contributed by atoms with Gasteiger partial charge in [-0.05, 0) is 32.8 Å². The third-order valence-corrected chi connectivity index (χ3v) is 4.81. The molecule has 0 saturated carbocycles. The highest BCUT2D eigenvalue weighted by Gasteiger charge is 2.28. The molecule has 25 heavy (non-hydrogen) atoms. The number of carbonyl (C=O) groups excluding carboxylic acids is 1. The molecule has 2 N–H and O–H groups in total. The van der Waals surface area contributed by atoms with E-state index >= 15 is 0 Å². The average molecular weight is 345 g/mol. The first kappa shape index (κ1) is 19.1. The van der Waals surface area contributed by atoms with Gasteiger partial charge in [0, 0.05) is 11.9 Å². The fourth-order valence-corrected chi connectivity index (χ4v) is 2.68. The van der Waals surface area contributed by atoms with Crippen molar-refractivity contribution < 1.29 is 9.90 Å². The molecule has 2 aromatic rings. The first-order valence-electron chi connectivity index (χ1n) is 8.71. The van der Waals surface area contributed by atoms with Crippen LogP contribution in [0.3, 0.4) is 0 Å². The first-order valence-corrected chi connectivity index (χ1v) is 8.71. The molecule has 1 aromatic heterocycles. The Morgan fingerprint density at radius 3 is 2.44 bits per heavy atom. The Balaban J connectivity index is 2.41. The minimum atomic E-state index is -1.01. The van der Waals surface area contributed by atoms with E-state index in [-0.39, 0.29) is 29.8 Å². The number of fused-ring (bicyclic) bond motifs is 1. The molecule has 6 nitrogen and oxygen atoms in total. The molecule has 0 aliphatic heterocycles. The molecule has 1 aromatic carbocycles. The van der Waals surface area contributed by atoms with Crippen LogP contribution in [0, 0.1) is 5.92 Å². The Bertz CT molecular complexity index is 824. The molecule has 2 rings (SSSR count). The molecule has 0 aliphatic carbocycles. The van der Waals surface area contributed by atoms with Crippen molar-refractivity contribution in [2.75, 3.05) is 6.54 Å². The van der Waals surface area contributed by atoms with Crippen molar-refractivity contribution in [2.24, 2.45) is 5.92 Å². The van der Waals surface area contributed by atoms with E-state index in [1.54, 1.807) is 31.2 Å². The van der Waals surface area contributed by atoms with Gasteiger partial charge >= 0.3 is 0 Å². The summed E-state index contributed by atoms with van der Waals surface area (Å²) in [6.07, 6.45) is 0.808. The molecule has 0 spiro atoms. The van der Waals surface area contributed by atoms with Crippen LogP contribution in [0.25, 0.3) is 10.8 Å². The van der Waals surface area contributed by atoms with E-state index in [0.717, 1.165) is 6.42 Å². The molecular formula is C19H27N3O3. The summed E-state index contributed by atoms with van der Waals surface area (Å²) in [4.78, 5) is 25.2. The summed E-state index contributed by atoms with van der Waals surface area (Å²) < 4.78 is 1.32. The number of rotatable bonds is 6. The van der Waals surface area contributed by atoms with Crippen LogP contribution in [-0.4, -0.2) is 32.9 Å². The first-order chi connectivity index (χ1) is 11.7. The molecule has 0 fully saturated rings. The van der Waals surface area contributed by atoms with Crippen LogP contribution in [0.4, 0.5) is 0 Å². The number of carbonyl (C=O) groups is 1. The van der Waals surface area contributed by atoms with E-state index < -0.39 is 11.5 Å². The van der Waals surface area contributed by atoms with Crippen molar-refractivity contribution >= 4 is 16.7 Å². The maximum atomic E-state index is 12.7. The quantitative estimate of drug-likeness (QED) is 0.842. The molecule has 136 valence electrons. The Kier molecular flexibility index (Phi) is 5.62. The van der Waals surface area contributed by atoms with E-state index in [9.17, 15) is 14.7 Å². The van der Waals surface area contributed by atoms with E-state index in [1.807, 2.05) is 27.7 Å². The van der Waals surface area contributed by atoms with Crippen molar-refractivity contribution in [1.82, 2.24) is 15.1 Å². The van der Waals surface area contributed by atoms with Crippen molar-refractivity contribution in [3.63, 3.8) is 0 Å². The molecule has 0 aliphatic rings. The van der Waals surface area contributed by atoms with Crippen LogP contribution in [-0.2, 0) is 0 Å². The van der Waals surface area contributed by atoms with Gasteiger partial charge in [-0.1, -0.05) is 38.5 Å². The van der Waals surface area contributed by atoms with Crippen LogP contribution in [0.15, 0.2) is 29.1 Å². The number of nitrogens with zero attached hydrogens (tertiary/aromatic N) is 2. The van der Waals surface area contributed by atoms with Gasteiger partial charge in [0.05, 0.1) is 17.0 Å². The largest absolute Gasteiger partial charge is 0.388 e. The van der Waals surface area contributed by atoms with Gasteiger partial charge in [-0.3, -0.25) is 9.59 Å². The second-order valence-electron chi connectivity index (χ2n) is 7.09. The number of aromatic nitrogens is 2. The van der Waals surface area contributed by atoms with E-state index in [2.05, 4.69) is 10.4 Å². The Labute approximate surface area is 147 Å². The lowest BCUT2D eigenvalue weighted by Crippen LogP contribution is -2.45. The lowest BCUT2D eigenvalue weighted by molar-refractivity contribution is 0.00587. The van der Waals surface area contributed by atoms with Crippen molar-refractivity contribution in [3.05, 3.63) is 40.3 Å². The van der Waals surface area contributed by atoms with Crippen LogP contribution in [0.5, 0.6) is 0 Å². The zero-order valence-corrected chi connectivity index (χ0v) is 15.5.